The van der Waals surface area contributed by atoms with Gasteiger partial charge in [0.15, 0.2) is 0 Å². The van der Waals surface area contributed by atoms with Gasteiger partial charge in [-0.25, -0.2) is 4.79 Å². The summed E-state index contributed by atoms with van der Waals surface area (Å²) in [7, 11) is 1.60. The topological polar surface area (TPSA) is 98.4 Å². The normalized spacial score (nSPS) is 9.83. The maximum atomic E-state index is 11.6. The molecule has 0 radical (unpaired) electrons. The lowest BCUT2D eigenvalue weighted by atomic mass is 10.2. The van der Waals surface area contributed by atoms with Crippen molar-refractivity contribution in [3.05, 3.63) is 62.6 Å². The SMILES string of the molecule is CCN(C=C=Cc1c(O)[nH]c(=O)[nH]c1=O)c1ccc(OC)cc1. The van der Waals surface area contributed by atoms with Gasteiger partial charge >= 0.3 is 5.69 Å². The lowest BCUT2D eigenvalue weighted by molar-refractivity contribution is 0.415. The average Bonchev–Trinajstić information content (AvgIpc) is 2.53. The number of rotatable bonds is 5. The monoisotopic (exact) mass is 315 g/mol. The van der Waals surface area contributed by atoms with Crippen LogP contribution >= 0.6 is 0 Å². The first-order chi connectivity index (χ1) is 11.0. The van der Waals surface area contributed by atoms with Gasteiger partial charge in [-0.2, -0.15) is 0 Å². The van der Waals surface area contributed by atoms with Gasteiger partial charge in [0.05, 0.1) is 7.11 Å². The molecule has 0 saturated heterocycles. The van der Waals surface area contributed by atoms with Crippen molar-refractivity contribution >= 4 is 11.8 Å². The molecule has 23 heavy (non-hydrogen) atoms. The van der Waals surface area contributed by atoms with Gasteiger partial charge in [0.2, 0.25) is 5.88 Å². The minimum Gasteiger partial charge on any atom is -0.497 e. The number of nitrogens with one attached hydrogen (secondary N) is 2. The lowest BCUT2D eigenvalue weighted by Crippen LogP contribution is -2.23. The van der Waals surface area contributed by atoms with Crippen molar-refractivity contribution in [1.29, 1.82) is 0 Å². The van der Waals surface area contributed by atoms with Crippen molar-refractivity contribution in [2.24, 2.45) is 0 Å². The summed E-state index contributed by atoms with van der Waals surface area (Å²) in [6.45, 7) is 2.65. The van der Waals surface area contributed by atoms with Crippen molar-refractivity contribution in [2.75, 3.05) is 18.6 Å². The van der Waals surface area contributed by atoms with Gasteiger partial charge in [0.1, 0.15) is 11.3 Å². The molecule has 7 nitrogen and oxygen atoms in total. The Balaban J connectivity index is 2.29. The summed E-state index contributed by atoms with van der Waals surface area (Å²) in [5.74, 6) is 0.265. The summed E-state index contributed by atoms with van der Waals surface area (Å²) in [6.07, 6.45) is 2.95. The number of hydrogen-bond donors (Lipinski definition) is 3. The molecule has 0 spiro atoms. The van der Waals surface area contributed by atoms with E-state index >= 15 is 0 Å². The molecule has 2 rings (SSSR count). The number of nitrogens with zero attached hydrogens (tertiary/aromatic N) is 1. The summed E-state index contributed by atoms with van der Waals surface area (Å²) in [5, 5.41) is 9.58. The van der Waals surface area contributed by atoms with Gasteiger partial charge in [-0.3, -0.25) is 14.8 Å². The maximum Gasteiger partial charge on any atom is 0.328 e. The average molecular weight is 315 g/mol. The molecule has 0 aliphatic heterocycles. The first-order valence-electron chi connectivity index (χ1n) is 6.94. The predicted octanol–water partition coefficient (Wildman–Crippen LogP) is 1.43. The van der Waals surface area contributed by atoms with E-state index < -0.39 is 17.1 Å². The molecular weight excluding hydrogens is 298 g/mol. The van der Waals surface area contributed by atoms with Gasteiger partial charge in [0, 0.05) is 18.4 Å². The Morgan fingerprint density at radius 3 is 2.52 bits per heavy atom. The third kappa shape index (κ3) is 3.93. The fourth-order valence-electron chi connectivity index (χ4n) is 1.95. The van der Waals surface area contributed by atoms with E-state index in [1.54, 1.807) is 13.3 Å². The molecule has 0 bridgehead atoms. The highest BCUT2D eigenvalue weighted by Crippen LogP contribution is 2.19. The van der Waals surface area contributed by atoms with Crippen molar-refractivity contribution in [3.8, 4) is 11.6 Å². The molecule has 7 heteroatoms. The number of aromatic hydroxyl groups is 1. The van der Waals surface area contributed by atoms with Crippen LogP contribution in [0.2, 0.25) is 0 Å². The van der Waals surface area contributed by atoms with Crippen LogP contribution < -0.4 is 20.9 Å². The van der Waals surface area contributed by atoms with E-state index in [0.717, 1.165) is 11.4 Å². The van der Waals surface area contributed by atoms with Gasteiger partial charge in [-0.05, 0) is 37.3 Å². The lowest BCUT2D eigenvalue weighted by Gasteiger charge is -2.17. The number of H-pyrrole nitrogens is 2. The van der Waals surface area contributed by atoms with Crippen molar-refractivity contribution < 1.29 is 9.84 Å². The highest BCUT2D eigenvalue weighted by atomic mass is 16.5. The Morgan fingerprint density at radius 1 is 1.26 bits per heavy atom. The zero-order valence-corrected chi connectivity index (χ0v) is 12.8. The molecule has 0 aliphatic carbocycles. The Morgan fingerprint density at radius 2 is 1.96 bits per heavy atom. The van der Waals surface area contributed by atoms with Crippen LogP contribution in [0.1, 0.15) is 12.5 Å². The van der Waals surface area contributed by atoms with E-state index in [1.165, 1.54) is 6.08 Å². The number of aromatic amines is 2. The maximum absolute atomic E-state index is 11.6. The molecule has 1 aromatic carbocycles. The molecule has 1 aromatic heterocycles. The Kier molecular flexibility index (Phi) is 5.07. The molecule has 0 saturated carbocycles. The predicted molar refractivity (Wildman–Crippen MR) is 87.9 cm³/mol. The largest absolute Gasteiger partial charge is 0.497 e. The number of methoxy groups -OCH3 is 1. The van der Waals surface area contributed by atoms with E-state index in [2.05, 4.69) is 10.7 Å². The molecule has 2 aromatic rings. The minimum atomic E-state index is -0.762. The number of benzene rings is 1. The summed E-state index contributed by atoms with van der Waals surface area (Å²) >= 11 is 0. The molecule has 120 valence electrons. The van der Waals surface area contributed by atoms with E-state index in [0.29, 0.717) is 6.54 Å². The van der Waals surface area contributed by atoms with E-state index in [1.807, 2.05) is 41.1 Å². The second-order valence-electron chi connectivity index (χ2n) is 4.59. The van der Waals surface area contributed by atoms with Crippen LogP contribution in [0, 0.1) is 0 Å². The Labute approximate surface area is 132 Å². The third-order valence-electron chi connectivity index (χ3n) is 3.16. The standard InChI is InChI=1S/C16H17N3O4/c1-3-19(11-6-8-12(23-2)9-7-11)10-4-5-13-14(20)17-16(22)18-15(13)21/h5-10H,3H2,1-2H3,(H3,17,18,20,21,22). The van der Waals surface area contributed by atoms with E-state index in [4.69, 9.17) is 4.74 Å². The molecule has 3 N–H and O–H groups in total. The van der Waals surface area contributed by atoms with Gasteiger partial charge < -0.3 is 14.7 Å². The fraction of sp³-hybridized carbons (Fsp3) is 0.188. The summed E-state index contributed by atoms with van der Waals surface area (Å²) < 4.78 is 5.11. The van der Waals surface area contributed by atoms with E-state index in [-0.39, 0.29) is 5.56 Å². The highest BCUT2D eigenvalue weighted by molar-refractivity contribution is 5.55. The first kappa shape index (κ1) is 16.2. The van der Waals surface area contributed by atoms with Crippen LogP contribution in [0.3, 0.4) is 0 Å². The first-order valence-corrected chi connectivity index (χ1v) is 6.94. The second-order valence-corrected chi connectivity index (χ2v) is 4.59. The molecule has 0 fully saturated rings. The smallest absolute Gasteiger partial charge is 0.328 e. The number of aromatic nitrogens is 2. The summed E-state index contributed by atoms with van der Waals surface area (Å²) in [6, 6.07) is 7.47. The van der Waals surface area contributed by atoms with Crippen LogP contribution in [0.25, 0.3) is 6.08 Å². The number of hydrogen-bond acceptors (Lipinski definition) is 5. The van der Waals surface area contributed by atoms with Crippen LogP contribution in [-0.2, 0) is 0 Å². The highest BCUT2D eigenvalue weighted by Gasteiger charge is 2.04. The molecule has 0 atom stereocenters. The second kappa shape index (κ2) is 7.20. The molecule has 0 amide bonds. The van der Waals surface area contributed by atoms with E-state index in [9.17, 15) is 14.7 Å². The zero-order valence-electron chi connectivity index (χ0n) is 12.8. The molecule has 0 aliphatic rings. The molecular formula is C16H17N3O4. The van der Waals surface area contributed by atoms with Crippen molar-refractivity contribution in [1.82, 2.24) is 9.97 Å². The van der Waals surface area contributed by atoms with Crippen LogP contribution in [0.15, 0.2) is 45.8 Å². The molecule has 0 unspecified atom stereocenters. The Hall–Kier alpha value is -3.18. The van der Waals surface area contributed by atoms with Crippen molar-refractivity contribution in [3.63, 3.8) is 0 Å². The van der Waals surface area contributed by atoms with Gasteiger partial charge in [-0.1, -0.05) is 0 Å². The fourth-order valence-corrected chi connectivity index (χ4v) is 1.95. The number of ether oxygens (including phenoxy) is 1. The number of anilines is 1. The third-order valence-corrected chi connectivity index (χ3v) is 3.16. The zero-order chi connectivity index (χ0) is 16.8. The Bertz CT molecular complexity index is 843. The summed E-state index contributed by atoms with van der Waals surface area (Å²) in [4.78, 5) is 28.6. The summed E-state index contributed by atoms with van der Waals surface area (Å²) in [5.41, 5.74) is 2.24. The van der Waals surface area contributed by atoms with Crippen LogP contribution in [0.5, 0.6) is 11.6 Å². The van der Waals surface area contributed by atoms with Crippen LogP contribution in [-0.4, -0.2) is 28.7 Å². The quantitative estimate of drug-likeness (QED) is 0.725. The van der Waals surface area contributed by atoms with Gasteiger partial charge in [-0.15, -0.1) is 5.73 Å². The van der Waals surface area contributed by atoms with Crippen molar-refractivity contribution in [2.45, 2.75) is 6.92 Å². The van der Waals surface area contributed by atoms with Crippen LogP contribution in [0.4, 0.5) is 5.69 Å². The minimum absolute atomic E-state index is 0.0633. The van der Waals surface area contributed by atoms with Gasteiger partial charge in [0.25, 0.3) is 5.56 Å². The molecule has 1 heterocycles.